The Morgan fingerprint density at radius 2 is 1.50 bits per heavy atom. The second kappa shape index (κ2) is 7.17. The zero-order valence-electron chi connectivity index (χ0n) is 13.1. The number of pyridine rings is 1. The van der Waals surface area contributed by atoms with Crippen LogP contribution in [0.1, 0.15) is 0 Å². The van der Waals surface area contributed by atoms with Gasteiger partial charge >= 0.3 is 0 Å². The maximum atomic E-state index is 13.6. The number of benzene rings is 1. The molecule has 0 aliphatic carbocycles. The molecule has 1 aliphatic rings. The van der Waals surface area contributed by atoms with Gasteiger partial charge in [-0.2, -0.15) is 26.9 Å². The second-order valence-corrected chi connectivity index (χ2v) is 7.18. The van der Waals surface area contributed by atoms with Crippen LogP contribution in [0.25, 0.3) is 0 Å². The molecule has 2 aromatic rings. The Hall–Kier alpha value is -2.24. The first-order valence-electron chi connectivity index (χ1n) is 7.36. The molecule has 0 amide bonds. The van der Waals surface area contributed by atoms with Crippen LogP contribution >= 0.6 is 0 Å². The van der Waals surface area contributed by atoms with Gasteiger partial charge in [0.2, 0.25) is 27.4 Å². The molecule has 1 aliphatic heterocycles. The van der Waals surface area contributed by atoms with Crippen LogP contribution in [0.3, 0.4) is 0 Å². The van der Waals surface area contributed by atoms with Crippen LogP contribution in [0.2, 0.25) is 0 Å². The van der Waals surface area contributed by atoms with E-state index in [0.717, 1.165) is 24.3 Å². The molecule has 1 fully saturated rings. The molecule has 0 atom stereocenters. The zero-order valence-corrected chi connectivity index (χ0v) is 13.9. The van der Waals surface area contributed by atoms with Crippen LogP contribution in [-0.2, 0) is 14.8 Å². The van der Waals surface area contributed by atoms with Crippen molar-refractivity contribution >= 4 is 10.0 Å². The van der Waals surface area contributed by atoms with Crippen LogP contribution in [0, 0.1) is 23.5 Å². The van der Waals surface area contributed by atoms with E-state index in [1.165, 1.54) is 4.31 Å². The van der Waals surface area contributed by atoms with Crippen molar-refractivity contribution in [1.29, 1.82) is 0 Å². The Kier molecular flexibility index (Phi) is 5.12. The molecule has 0 unspecified atom stereocenters. The van der Waals surface area contributed by atoms with Gasteiger partial charge in [0.1, 0.15) is 5.75 Å². The van der Waals surface area contributed by atoms with Crippen LogP contribution in [0.4, 0.5) is 17.6 Å². The number of morpholine rings is 1. The highest BCUT2D eigenvalue weighted by atomic mass is 32.2. The SMILES string of the molecule is O=S(=O)(c1ccc(Oc2c(F)c(F)nc(F)c2F)cc1)N1CCOCC1. The first kappa shape index (κ1) is 18.5. The third-order valence-electron chi connectivity index (χ3n) is 3.61. The average Bonchev–Trinajstić information content (AvgIpc) is 2.65. The highest BCUT2D eigenvalue weighted by molar-refractivity contribution is 7.89. The van der Waals surface area contributed by atoms with Gasteiger partial charge in [-0.1, -0.05) is 0 Å². The Morgan fingerprint density at radius 1 is 0.962 bits per heavy atom. The molecule has 0 bridgehead atoms. The van der Waals surface area contributed by atoms with Gasteiger partial charge in [0.15, 0.2) is 0 Å². The summed E-state index contributed by atoms with van der Waals surface area (Å²) in [5.74, 6) is -8.83. The predicted molar refractivity (Wildman–Crippen MR) is 80.2 cm³/mol. The van der Waals surface area contributed by atoms with Crippen LogP contribution < -0.4 is 4.74 Å². The number of halogens is 4. The summed E-state index contributed by atoms with van der Waals surface area (Å²) in [5, 5.41) is 0. The minimum Gasteiger partial charge on any atom is -0.451 e. The molecular weight excluding hydrogens is 380 g/mol. The molecule has 1 saturated heterocycles. The lowest BCUT2D eigenvalue weighted by atomic mass is 10.3. The lowest BCUT2D eigenvalue weighted by Gasteiger charge is -2.26. The van der Waals surface area contributed by atoms with Crippen LogP contribution in [0.5, 0.6) is 11.5 Å². The fourth-order valence-corrected chi connectivity index (χ4v) is 3.70. The fraction of sp³-hybridized carbons (Fsp3) is 0.267. The van der Waals surface area contributed by atoms with Gasteiger partial charge in [-0.05, 0) is 24.3 Å². The molecule has 26 heavy (non-hydrogen) atoms. The highest BCUT2D eigenvalue weighted by Gasteiger charge is 2.27. The molecular formula is C15H12F4N2O4S. The van der Waals surface area contributed by atoms with E-state index in [4.69, 9.17) is 9.47 Å². The first-order chi connectivity index (χ1) is 12.3. The van der Waals surface area contributed by atoms with Crippen LogP contribution in [0.15, 0.2) is 29.2 Å². The monoisotopic (exact) mass is 392 g/mol. The fourth-order valence-electron chi connectivity index (χ4n) is 2.29. The van der Waals surface area contributed by atoms with Crippen molar-refractivity contribution in [2.75, 3.05) is 26.3 Å². The molecule has 11 heteroatoms. The Morgan fingerprint density at radius 3 is 2.04 bits per heavy atom. The maximum Gasteiger partial charge on any atom is 0.255 e. The number of hydrogen-bond acceptors (Lipinski definition) is 5. The van der Waals surface area contributed by atoms with E-state index in [2.05, 4.69) is 4.98 Å². The number of hydrogen-bond donors (Lipinski definition) is 0. The molecule has 1 aromatic carbocycles. The van der Waals surface area contributed by atoms with Gasteiger partial charge < -0.3 is 9.47 Å². The highest BCUT2D eigenvalue weighted by Crippen LogP contribution is 2.30. The Labute approximate surface area is 146 Å². The third-order valence-corrected chi connectivity index (χ3v) is 5.52. The molecule has 0 radical (unpaired) electrons. The lowest BCUT2D eigenvalue weighted by molar-refractivity contribution is 0.0730. The lowest BCUT2D eigenvalue weighted by Crippen LogP contribution is -2.40. The number of sulfonamides is 1. The van der Waals surface area contributed by atoms with E-state index in [9.17, 15) is 26.0 Å². The van der Waals surface area contributed by atoms with Crippen molar-refractivity contribution in [2.45, 2.75) is 4.90 Å². The van der Waals surface area contributed by atoms with E-state index in [-0.39, 0.29) is 36.9 Å². The van der Waals surface area contributed by atoms with Crippen molar-refractivity contribution in [1.82, 2.24) is 9.29 Å². The summed E-state index contributed by atoms with van der Waals surface area (Å²) in [7, 11) is -3.76. The summed E-state index contributed by atoms with van der Waals surface area (Å²) >= 11 is 0. The normalized spacial score (nSPS) is 15.8. The van der Waals surface area contributed by atoms with E-state index >= 15 is 0 Å². The average molecular weight is 392 g/mol. The maximum absolute atomic E-state index is 13.6. The molecule has 0 spiro atoms. The van der Waals surface area contributed by atoms with E-state index in [0.29, 0.717) is 0 Å². The van der Waals surface area contributed by atoms with Crippen molar-refractivity contribution in [2.24, 2.45) is 0 Å². The summed E-state index contributed by atoms with van der Waals surface area (Å²) in [6.07, 6.45) is 0. The largest absolute Gasteiger partial charge is 0.451 e. The molecule has 6 nitrogen and oxygen atoms in total. The smallest absolute Gasteiger partial charge is 0.255 e. The zero-order chi connectivity index (χ0) is 18.9. The number of ether oxygens (including phenoxy) is 2. The number of aromatic nitrogens is 1. The Balaban J connectivity index is 1.85. The topological polar surface area (TPSA) is 68.7 Å². The molecule has 140 valence electrons. The van der Waals surface area contributed by atoms with E-state index in [1.807, 2.05) is 0 Å². The summed E-state index contributed by atoms with van der Waals surface area (Å²) < 4.78 is 89.3. The number of nitrogens with zero attached hydrogens (tertiary/aromatic N) is 2. The van der Waals surface area contributed by atoms with Crippen molar-refractivity contribution in [3.8, 4) is 11.5 Å². The van der Waals surface area contributed by atoms with Gasteiger partial charge in [0, 0.05) is 13.1 Å². The minimum atomic E-state index is -3.76. The summed E-state index contributed by atoms with van der Waals surface area (Å²) in [6.45, 7) is 0.954. The minimum absolute atomic E-state index is 0.0696. The number of rotatable bonds is 4. The summed E-state index contributed by atoms with van der Waals surface area (Å²) in [6, 6.07) is 4.54. The van der Waals surface area contributed by atoms with Crippen molar-refractivity contribution in [3.63, 3.8) is 0 Å². The van der Waals surface area contributed by atoms with Gasteiger partial charge in [-0.25, -0.2) is 8.42 Å². The van der Waals surface area contributed by atoms with E-state index in [1.54, 1.807) is 0 Å². The molecule has 0 saturated carbocycles. The summed E-state index contributed by atoms with van der Waals surface area (Å²) in [4.78, 5) is 2.35. The van der Waals surface area contributed by atoms with Gasteiger partial charge in [-0.15, -0.1) is 0 Å². The van der Waals surface area contributed by atoms with Crippen molar-refractivity contribution in [3.05, 3.63) is 47.8 Å². The van der Waals surface area contributed by atoms with Gasteiger partial charge in [0.25, 0.3) is 11.9 Å². The molecule has 1 aromatic heterocycles. The second-order valence-electron chi connectivity index (χ2n) is 5.24. The van der Waals surface area contributed by atoms with Crippen LogP contribution in [-0.4, -0.2) is 44.0 Å². The van der Waals surface area contributed by atoms with Gasteiger partial charge in [-0.3, -0.25) is 0 Å². The van der Waals surface area contributed by atoms with Gasteiger partial charge in [0.05, 0.1) is 18.1 Å². The quantitative estimate of drug-likeness (QED) is 0.591. The molecule has 3 rings (SSSR count). The third kappa shape index (κ3) is 3.50. The molecule has 2 heterocycles. The van der Waals surface area contributed by atoms with E-state index < -0.39 is 39.3 Å². The van der Waals surface area contributed by atoms with Crippen molar-refractivity contribution < 1.29 is 35.5 Å². The summed E-state index contributed by atoms with van der Waals surface area (Å²) in [5.41, 5.74) is 0. The predicted octanol–water partition coefficient (Wildman–Crippen LogP) is 2.45. The standard InChI is InChI=1S/C15H12F4N2O4S/c16-11-13(12(17)15(19)20-14(11)18)25-9-1-3-10(4-2-9)26(22,23)21-5-7-24-8-6-21/h1-4H,5-8H2. The first-order valence-corrected chi connectivity index (χ1v) is 8.80. The Bertz CT molecular complexity index is 890. The molecule has 0 N–H and O–H groups in total.